The molecule has 1 aliphatic rings. The van der Waals surface area contributed by atoms with Crippen molar-refractivity contribution in [3.63, 3.8) is 0 Å². The highest BCUT2D eigenvalue weighted by molar-refractivity contribution is 5.99. The second kappa shape index (κ2) is 9.49. The van der Waals surface area contributed by atoms with Gasteiger partial charge < -0.3 is 19.4 Å². The van der Waals surface area contributed by atoms with Crippen LogP contribution in [-0.4, -0.2) is 61.2 Å². The molecule has 29 heavy (non-hydrogen) atoms. The van der Waals surface area contributed by atoms with Crippen molar-refractivity contribution in [1.29, 1.82) is 0 Å². The van der Waals surface area contributed by atoms with Gasteiger partial charge in [-0.1, -0.05) is 18.2 Å². The van der Waals surface area contributed by atoms with Crippen molar-refractivity contribution in [3.8, 4) is 0 Å². The lowest BCUT2D eigenvalue weighted by molar-refractivity contribution is 0.122. The smallest absolute Gasteiger partial charge is 0.152 e. The predicted molar refractivity (Wildman–Crippen MR) is 115 cm³/mol. The lowest BCUT2D eigenvalue weighted by atomic mass is 10.2. The fraction of sp³-hybridized carbons (Fsp3) is 0.381. The summed E-state index contributed by atoms with van der Waals surface area (Å²) < 4.78 is 10.6. The Labute approximate surface area is 169 Å². The van der Waals surface area contributed by atoms with Gasteiger partial charge in [0, 0.05) is 62.0 Å². The third kappa shape index (κ3) is 4.90. The molecule has 152 valence electrons. The molecule has 8 heteroatoms. The molecule has 0 radical (unpaired) electrons. The topological polar surface area (TPSA) is 87.7 Å². The number of hydrogen-bond acceptors (Lipinski definition) is 7. The maximum absolute atomic E-state index is 5.46. The van der Waals surface area contributed by atoms with Crippen LogP contribution in [0.5, 0.6) is 0 Å². The fourth-order valence-corrected chi connectivity index (χ4v) is 3.35. The molecular weight excluding hydrogens is 368 g/mol. The molecule has 0 bridgehead atoms. The first-order chi connectivity index (χ1) is 14.3. The van der Waals surface area contributed by atoms with Gasteiger partial charge in [0.2, 0.25) is 0 Å². The number of aromatic amines is 1. The summed E-state index contributed by atoms with van der Waals surface area (Å²) >= 11 is 0. The Hall–Kier alpha value is -2.97. The Morgan fingerprint density at radius 1 is 1.28 bits per heavy atom. The molecule has 2 aromatic heterocycles. The standard InChI is InChI=1S/C21H26N6O2/c1-28-10-4-7-19-24-20(13-21(25-19)27-8-11-29-12-9-27)26-23-15-16-14-22-18-6-3-2-5-17(16)18/h2-3,5-6,13-15,22H,4,7-12H2,1H3,(H,24,25,26). The second-order valence-corrected chi connectivity index (χ2v) is 6.88. The normalized spacial score (nSPS) is 14.7. The summed E-state index contributed by atoms with van der Waals surface area (Å²) in [5.41, 5.74) is 5.19. The van der Waals surface area contributed by atoms with Crippen LogP contribution in [0.25, 0.3) is 10.9 Å². The van der Waals surface area contributed by atoms with E-state index in [1.54, 1.807) is 13.3 Å². The van der Waals surface area contributed by atoms with Crippen molar-refractivity contribution in [1.82, 2.24) is 15.0 Å². The SMILES string of the molecule is COCCCc1nc(NN=Cc2c[nH]c3ccccc23)cc(N2CCOCC2)n1. The van der Waals surface area contributed by atoms with Gasteiger partial charge >= 0.3 is 0 Å². The molecule has 1 fully saturated rings. The molecule has 1 aliphatic heterocycles. The molecule has 0 spiro atoms. The monoisotopic (exact) mass is 394 g/mol. The minimum Gasteiger partial charge on any atom is -0.385 e. The van der Waals surface area contributed by atoms with Crippen LogP contribution in [0, 0.1) is 0 Å². The number of ether oxygens (including phenoxy) is 2. The highest BCUT2D eigenvalue weighted by Gasteiger charge is 2.15. The molecule has 0 amide bonds. The van der Waals surface area contributed by atoms with E-state index < -0.39 is 0 Å². The lowest BCUT2D eigenvalue weighted by Gasteiger charge is -2.28. The van der Waals surface area contributed by atoms with Gasteiger partial charge in [0.1, 0.15) is 11.6 Å². The molecule has 1 aromatic carbocycles. The van der Waals surface area contributed by atoms with E-state index in [0.29, 0.717) is 25.6 Å². The Kier molecular flexibility index (Phi) is 6.33. The highest BCUT2D eigenvalue weighted by atomic mass is 16.5. The minimum atomic E-state index is 0.685. The maximum atomic E-state index is 5.46. The first-order valence-corrected chi connectivity index (χ1v) is 9.88. The number of morpholine rings is 1. The Morgan fingerprint density at radius 2 is 2.14 bits per heavy atom. The largest absolute Gasteiger partial charge is 0.385 e. The van der Waals surface area contributed by atoms with E-state index in [1.165, 1.54) is 0 Å². The van der Waals surface area contributed by atoms with Crippen LogP contribution < -0.4 is 10.3 Å². The number of aromatic nitrogens is 3. The third-order valence-corrected chi connectivity index (χ3v) is 4.85. The summed E-state index contributed by atoms with van der Waals surface area (Å²) in [6.45, 7) is 3.76. The zero-order valence-electron chi connectivity index (χ0n) is 16.6. The van der Waals surface area contributed by atoms with E-state index in [-0.39, 0.29) is 0 Å². The molecule has 0 saturated carbocycles. The van der Waals surface area contributed by atoms with E-state index in [0.717, 1.165) is 54.0 Å². The average molecular weight is 394 g/mol. The van der Waals surface area contributed by atoms with Crippen LogP contribution in [0.2, 0.25) is 0 Å². The number of H-pyrrole nitrogens is 1. The Bertz CT molecular complexity index is 965. The lowest BCUT2D eigenvalue weighted by Crippen LogP contribution is -2.37. The third-order valence-electron chi connectivity index (χ3n) is 4.85. The molecule has 4 rings (SSSR count). The average Bonchev–Trinajstić information content (AvgIpc) is 3.18. The molecule has 0 aliphatic carbocycles. The molecule has 2 N–H and O–H groups in total. The van der Waals surface area contributed by atoms with Crippen LogP contribution >= 0.6 is 0 Å². The molecule has 0 atom stereocenters. The molecule has 1 saturated heterocycles. The predicted octanol–water partition coefficient (Wildman–Crippen LogP) is 2.82. The van der Waals surface area contributed by atoms with E-state index in [4.69, 9.17) is 14.5 Å². The van der Waals surface area contributed by atoms with Gasteiger partial charge in [-0.3, -0.25) is 5.43 Å². The number of aryl methyl sites for hydroxylation is 1. The van der Waals surface area contributed by atoms with E-state index in [2.05, 4.69) is 31.5 Å². The summed E-state index contributed by atoms with van der Waals surface area (Å²) in [6.07, 6.45) is 5.39. The summed E-state index contributed by atoms with van der Waals surface area (Å²) in [4.78, 5) is 14.8. The van der Waals surface area contributed by atoms with Crippen molar-refractivity contribution in [2.45, 2.75) is 12.8 Å². The van der Waals surface area contributed by atoms with Crippen LogP contribution in [0.1, 0.15) is 17.8 Å². The van der Waals surface area contributed by atoms with Crippen LogP contribution in [0.15, 0.2) is 41.6 Å². The van der Waals surface area contributed by atoms with Crippen molar-refractivity contribution in [2.24, 2.45) is 5.10 Å². The summed E-state index contributed by atoms with van der Waals surface area (Å²) in [6, 6.07) is 10.1. The Morgan fingerprint density at radius 3 is 3.00 bits per heavy atom. The van der Waals surface area contributed by atoms with Gasteiger partial charge in [0.25, 0.3) is 0 Å². The van der Waals surface area contributed by atoms with Gasteiger partial charge in [0.05, 0.1) is 19.4 Å². The number of nitrogens with zero attached hydrogens (tertiary/aromatic N) is 4. The number of methoxy groups -OCH3 is 1. The van der Waals surface area contributed by atoms with Crippen molar-refractivity contribution >= 4 is 28.8 Å². The number of nitrogens with one attached hydrogen (secondary N) is 2. The molecule has 0 unspecified atom stereocenters. The minimum absolute atomic E-state index is 0.685. The summed E-state index contributed by atoms with van der Waals surface area (Å²) in [5, 5.41) is 5.54. The van der Waals surface area contributed by atoms with E-state index >= 15 is 0 Å². The summed E-state index contributed by atoms with van der Waals surface area (Å²) in [7, 11) is 1.71. The van der Waals surface area contributed by atoms with Crippen molar-refractivity contribution in [3.05, 3.63) is 47.9 Å². The maximum Gasteiger partial charge on any atom is 0.152 e. The zero-order chi connectivity index (χ0) is 19.9. The number of hydrogen-bond donors (Lipinski definition) is 2. The molecule has 3 aromatic rings. The number of benzene rings is 1. The van der Waals surface area contributed by atoms with Crippen LogP contribution in [0.4, 0.5) is 11.6 Å². The van der Waals surface area contributed by atoms with Gasteiger partial charge in [0.15, 0.2) is 5.82 Å². The van der Waals surface area contributed by atoms with Crippen molar-refractivity contribution in [2.75, 3.05) is 50.3 Å². The molecule has 8 nitrogen and oxygen atoms in total. The zero-order valence-corrected chi connectivity index (χ0v) is 16.6. The number of para-hydroxylation sites is 1. The second-order valence-electron chi connectivity index (χ2n) is 6.88. The van der Waals surface area contributed by atoms with Gasteiger partial charge in [-0.05, 0) is 12.5 Å². The van der Waals surface area contributed by atoms with Crippen LogP contribution in [-0.2, 0) is 15.9 Å². The quantitative estimate of drug-likeness (QED) is 0.347. The first kappa shape index (κ1) is 19.4. The van der Waals surface area contributed by atoms with Crippen LogP contribution in [0.3, 0.4) is 0 Å². The van der Waals surface area contributed by atoms with Gasteiger partial charge in [-0.15, -0.1) is 0 Å². The number of hydrazone groups is 1. The van der Waals surface area contributed by atoms with E-state index in [1.807, 2.05) is 30.5 Å². The number of rotatable bonds is 8. The first-order valence-electron chi connectivity index (χ1n) is 9.88. The van der Waals surface area contributed by atoms with Crippen molar-refractivity contribution < 1.29 is 9.47 Å². The number of fused-ring (bicyclic) bond motifs is 1. The fourth-order valence-electron chi connectivity index (χ4n) is 3.35. The molecule has 3 heterocycles. The molecular formula is C21H26N6O2. The summed E-state index contributed by atoms with van der Waals surface area (Å²) in [5.74, 6) is 2.38. The number of anilines is 2. The Balaban J connectivity index is 1.52. The van der Waals surface area contributed by atoms with Gasteiger partial charge in [-0.2, -0.15) is 5.10 Å². The highest BCUT2D eigenvalue weighted by Crippen LogP contribution is 2.19. The van der Waals surface area contributed by atoms with E-state index in [9.17, 15) is 0 Å². The van der Waals surface area contributed by atoms with Gasteiger partial charge in [-0.25, -0.2) is 9.97 Å².